The molecule has 1 heterocycles. The van der Waals surface area contributed by atoms with Gasteiger partial charge in [-0.1, -0.05) is 6.07 Å². The quantitative estimate of drug-likeness (QED) is 0.920. The summed E-state index contributed by atoms with van der Waals surface area (Å²) in [6, 6.07) is 3.54. The molecule has 2 atom stereocenters. The summed E-state index contributed by atoms with van der Waals surface area (Å²) in [5.41, 5.74) is 1.25. The number of carboxylic acids is 1. The Kier molecular flexibility index (Phi) is 3.41. The molecule has 1 amide bonds. The minimum atomic E-state index is -1.12. The van der Waals surface area contributed by atoms with Gasteiger partial charge in [0.05, 0.1) is 6.04 Å². The summed E-state index contributed by atoms with van der Waals surface area (Å²) in [6.07, 6.45) is 0.622. The van der Waals surface area contributed by atoms with Crippen LogP contribution in [0.4, 0.5) is 4.39 Å². The van der Waals surface area contributed by atoms with Crippen molar-refractivity contribution in [2.45, 2.75) is 38.0 Å². The molecule has 0 spiro atoms. The Morgan fingerprint density at radius 3 is 2.71 bits per heavy atom. The molecule has 112 valence electrons. The third kappa shape index (κ3) is 2.51. The summed E-state index contributed by atoms with van der Waals surface area (Å²) < 4.78 is 18.5. The molecule has 2 unspecified atom stereocenters. The molecule has 3 rings (SSSR count). The summed E-state index contributed by atoms with van der Waals surface area (Å²) in [7, 11) is 0. The van der Waals surface area contributed by atoms with Gasteiger partial charge < -0.3 is 14.7 Å². The van der Waals surface area contributed by atoms with E-state index >= 15 is 0 Å². The average Bonchev–Trinajstić information content (AvgIpc) is 3.22. The smallest absolute Gasteiger partial charge is 0.335 e. The third-order valence-electron chi connectivity index (χ3n) is 3.99. The molecule has 6 heteroatoms. The van der Waals surface area contributed by atoms with Crippen molar-refractivity contribution < 1.29 is 23.8 Å². The first-order valence-corrected chi connectivity index (χ1v) is 6.90. The van der Waals surface area contributed by atoms with Crippen molar-refractivity contribution in [3.05, 3.63) is 35.1 Å². The average molecular weight is 293 g/mol. The second-order valence-electron chi connectivity index (χ2n) is 5.55. The lowest BCUT2D eigenvalue weighted by atomic mass is 9.93. The van der Waals surface area contributed by atoms with E-state index in [1.165, 1.54) is 12.1 Å². The van der Waals surface area contributed by atoms with E-state index in [-0.39, 0.29) is 24.4 Å². The fraction of sp³-hybridized carbons (Fsp3) is 0.467. The van der Waals surface area contributed by atoms with Crippen LogP contribution in [-0.2, 0) is 14.3 Å². The summed E-state index contributed by atoms with van der Waals surface area (Å²) in [5.74, 6) is -1.70. The second-order valence-corrected chi connectivity index (χ2v) is 5.55. The molecule has 1 aromatic carbocycles. The Labute approximate surface area is 121 Å². The van der Waals surface area contributed by atoms with Crippen LogP contribution in [0.5, 0.6) is 0 Å². The summed E-state index contributed by atoms with van der Waals surface area (Å²) in [6.45, 7) is 1.49. The van der Waals surface area contributed by atoms with Crippen LogP contribution in [-0.4, -0.2) is 40.6 Å². The molecule has 1 saturated carbocycles. The molecule has 21 heavy (non-hydrogen) atoms. The topological polar surface area (TPSA) is 66.8 Å². The number of benzene rings is 1. The molecular formula is C15H16FNO4. The van der Waals surface area contributed by atoms with Crippen LogP contribution in [0.1, 0.15) is 30.0 Å². The van der Waals surface area contributed by atoms with Gasteiger partial charge in [0, 0.05) is 6.04 Å². The molecule has 2 aliphatic rings. The molecule has 1 N–H and O–H groups in total. The maximum atomic E-state index is 13.3. The highest BCUT2D eigenvalue weighted by atomic mass is 19.1. The van der Waals surface area contributed by atoms with Crippen molar-refractivity contribution in [1.82, 2.24) is 4.90 Å². The zero-order valence-electron chi connectivity index (χ0n) is 11.6. The fourth-order valence-corrected chi connectivity index (χ4v) is 2.90. The Morgan fingerprint density at radius 2 is 2.14 bits per heavy atom. The lowest BCUT2D eigenvalue weighted by Crippen LogP contribution is -2.52. The highest BCUT2D eigenvalue weighted by Crippen LogP contribution is 2.40. The molecule has 1 saturated heterocycles. The monoisotopic (exact) mass is 293 g/mol. The number of aliphatic carboxylic acids is 1. The lowest BCUT2D eigenvalue weighted by Gasteiger charge is -2.40. The summed E-state index contributed by atoms with van der Waals surface area (Å²) in [4.78, 5) is 25.2. The standard InChI is InChI=1S/C15H16FNO4/c1-8-6-9(16)2-5-11(8)13-14(15(19)20)21-7-12(18)17(13)10-3-4-10/h2,5-6,10,13-14H,3-4,7H2,1H3,(H,19,20). The van der Waals surface area contributed by atoms with Crippen molar-refractivity contribution in [1.29, 1.82) is 0 Å². The number of amides is 1. The van der Waals surface area contributed by atoms with Crippen LogP contribution in [0.15, 0.2) is 18.2 Å². The summed E-state index contributed by atoms with van der Waals surface area (Å²) in [5, 5.41) is 9.38. The SMILES string of the molecule is Cc1cc(F)ccc1C1C(C(=O)O)OCC(=O)N1C1CC1. The number of aryl methyl sites for hydroxylation is 1. The van der Waals surface area contributed by atoms with Gasteiger partial charge in [-0.25, -0.2) is 9.18 Å². The van der Waals surface area contributed by atoms with Gasteiger partial charge in [-0.2, -0.15) is 0 Å². The number of carbonyl (C=O) groups is 2. The Morgan fingerprint density at radius 1 is 1.43 bits per heavy atom. The predicted octanol–water partition coefficient (Wildman–Crippen LogP) is 1.65. The van der Waals surface area contributed by atoms with Crippen LogP contribution in [0.3, 0.4) is 0 Å². The maximum Gasteiger partial charge on any atom is 0.335 e. The van der Waals surface area contributed by atoms with E-state index < -0.39 is 18.1 Å². The van der Waals surface area contributed by atoms with Gasteiger partial charge in [0.1, 0.15) is 12.4 Å². The molecule has 1 aliphatic heterocycles. The van der Waals surface area contributed by atoms with E-state index in [4.69, 9.17) is 4.74 Å². The molecular weight excluding hydrogens is 277 g/mol. The van der Waals surface area contributed by atoms with Crippen LogP contribution in [0.2, 0.25) is 0 Å². The molecule has 1 aliphatic carbocycles. The van der Waals surface area contributed by atoms with Crippen LogP contribution in [0, 0.1) is 12.7 Å². The molecule has 0 radical (unpaired) electrons. The van der Waals surface area contributed by atoms with Crippen LogP contribution >= 0.6 is 0 Å². The van der Waals surface area contributed by atoms with E-state index in [2.05, 4.69) is 0 Å². The number of rotatable bonds is 3. The first-order valence-electron chi connectivity index (χ1n) is 6.90. The summed E-state index contributed by atoms with van der Waals surface area (Å²) >= 11 is 0. The van der Waals surface area contributed by atoms with Crippen LogP contribution < -0.4 is 0 Å². The Bertz CT molecular complexity index is 599. The predicted molar refractivity (Wildman–Crippen MR) is 71.1 cm³/mol. The zero-order chi connectivity index (χ0) is 15.1. The number of ether oxygens (including phenoxy) is 1. The largest absolute Gasteiger partial charge is 0.479 e. The van der Waals surface area contributed by atoms with Gasteiger partial charge in [-0.15, -0.1) is 0 Å². The Hall–Kier alpha value is -1.95. The number of hydrogen-bond donors (Lipinski definition) is 1. The number of halogens is 1. The number of morpholine rings is 1. The number of carbonyl (C=O) groups excluding carboxylic acids is 1. The maximum absolute atomic E-state index is 13.3. The molecule has 5 nitrogen and oxygen atoms in total. The van der Waals surface area contributed by atoms with E-state index in [9.17, 15) is 19.1 Å². The number of nitrogens with zero attached hydrogens (tertiary/aromatic N) is 1. The van der Waals surface area contributed by atoms with E-state index in [1.54, 1.807) is 17.9 Å². The van der Waals surface area contributed by atoms with E-state index in [1.807, 2.05) is 0 Å². The first-order chi connectivity index (χ1) is 9.99. The fourth-order valence-electron chi connectivity index (χ4n) is 2.90. The number of hydrogen-bond acceptors (Lipinski definition) is 3. The Balaban J connectivity index is 2.06. The minimum absolute atomic E-state index is 0.0673. The molecule has 0 bridgehead atoms. The van der Waals surface area contributed by atoms with Crippen molar-refractivity contribution >= 4 is 11.9 Å². The molecule has 1 aromatic rings. The highest BCUT2D eigenvalue weighted by Gasteiger charge is 2.47. The number of carboxylic acid groups (broad SMARTS) is 1. The van der Waals surface area contributed by atoms with Gasteiger partial charge in [0.2, 0.25) is 5.91 Å². The second kappa shape index (κ2) is 5.11. The van der Waals surface area contributed by atoms with Crippen molar-refractivity contribution in [2.24, 2.45) is 0 Å². The van der Waals surface area contributed by atoms with Gasteiger partial charge in [0.25, 0.3) is 0 Å². The van der Waals surface area contributed by atoms with Crippen molar-refractivity contribution in [3.8, 4) is 0 Å². The van der Waals surface area contributed by atoms with Crippen LogP contribution in [0.25, 0.3) is 0 Å². The molecule has 0 aromatic heterocycles. The van der Waals surface area contributed by atoms with Gasteiger partial charge >= 0.3 is 5.97 Å². The van der Waals surface area contributed by atoms with Gasteiger partial charge in [-0.3, -0.25) is 4.79 Å². The van der Waals surface area contributed by atoms with Gasteiger partial charge in [-0.05, 0) is 43.0 Å². The lowest BCUT2D eigenvalue weighted by molar-refractivity contribution is -0.174. The third-order valence-corrected chi connectivity index (χ3v) is 3.99. The zero-order valence-corrected chi connectivity index (χ0v) is 11.6. The first kappa shape index (κ1) is 14.0. The normalized spacial score (nSPS) is 26.0. The van der Waals surface area contributed by atoms with E-state index in [0.717, 1.165) is 12.8 Å². The van der Waals surface area contributed by atoms with Crippen molar-refractivity contribution in [2.75, 3.05) is 6.61 Å². The molecule has 2 fully saturated rings. The minimum Gasteiger partial charge on any atom is -0.479 e. The van der Waals surface area contributed by atoms with E-state index in [0.29, 0.717) is 11.1 Å². The highest BCUT2D eigenvalue weighted by molar-refractivity contribution is 5.83. The van der Waals surface area contributed by atoms with Gasteiger partial charge in [0.15, 0.2) is 6.10 Å². The van der Waals surface area contributed by atoms with Crippen molar-refractivity contribution in [3.63, 3.8) is 0 Å².